The monoisotopic (exact) mass is 213 g/mol. The fraction of sp³-hybridized carbons (Fsp3) is 0.182. The first-order valence-corrected chi connectivity index (χ1v) is 4.43. The van der Waals surface area contributed by atoms with Crippen LogP contribution in [0.25, 0.3) is 0 Å². The highest BCUT2D eigenvalue weighted by molar-refractivity contribution is 5.43. The van der Waals surface area contributed by atoms with Crippen molar-refractivity contribution in [2.45, 2.75) is 12.8 Å². The van der Waals surface area contributed by atoms with Crippen LogP contribution in [0.5, 0.6) is 0 Å². The summed E-state index contributed by atoms with van der Waals surface area (Å²) in [7, 11) is 0. The number of alkyl halides is 3. The molecule has 0 amide bonds. The second-order valence-corrected chi connectivity index (χ2v) is 3.20. The number of rotatable bonds is 1. The van der Waals surface area contributed by atoms with Crippen LogP contribution in [0.3, 0.4) is 0 Å². The molecule has 0 spiro atoms. The van der Waals surface area contributed by atoms with Gasteiger partial charge in [0, 0.05) is 0 Å². The largest absolute Gasteiger partial charge is 0.572 e. The van der Waals surface area contributed by atoms with Crippen molar-refractivity contribution >= 4 is 0 Å². The number of halogens is 3. The van der Waals surface area contributed by atoms with E-state index in [0.717, 1.165) is 11.1 Å². The smallest absolute Gasteiger partial charge is 0.410 e. The molecule has 15 heavy (non-hydrogen) atoms. The zero-order valence-electron chi connectivity index (χ0n) is 7.71. The third-order valence-corrected chi connectivity index (χ3v) is 2.11. The van der Waals surface area contributed by atoms with Gasteiger partial charge in [-0.3, -0.25) is 0 Å². The van der Waals surface area contributed by atoms with Crippen molar-refractivity contribution in [3.63, 3.8) is 0 Å². The van der Waals surface area contributed by atoms with Crippen LogP contribution in [-0.4, -0.2) is 6.36 Å². The Bertz CT molecular complexity index is 393. The van der Waals surface area contributed by atoms with Crippen LogP contribution in [-0.2, 0) is 11.2 Å². The lowest BCUT2D eigenvalue weighted by Gasteiger charge is -2.18. The van der Waals surface area contributed by atoms with Crippen LogP contribution in [0.15, 0.2) is 36.1 Å². The van der Waals surface area contributed by atoms with E-state index in [2.05, 4.69) is 4.74 Å². The molecule has 4 heteroatoms. The predicted molar refractivity (Wildman–Crippen MR) is 48.8 cm³/mol. The van der Waals surface area contributed by atoms with Gasteiger partial charge in [-0.05, 0) is 23.6 Å². The molecule has 1 aliphatic rings. The summed E-state index contributed by atoms with van der Waals surface area (Å²) in [5.41, 5.74) is 1.78. The summed E-state index contributed by atoms with van der Waals surface area (Å²) in [6.45, 7) is 0. The molecule has 0 bridgehead atoms. The number of fused-ring (bicyclic) bond motifs is 1. The van der Waals surface area contributed by atoms with E-state index in [9.17, 15) is 13.2 Å². The van der Waals surface area contributed by atoms with E-state index in [1.807, 2.05) is 12.1 Å². The van der Waals surface area contributed by atoms with E-state index in [1.54, 1.807) is 12.1 Å². The van der Waals surface area contributed by atoms with Crippen molar-refractivity contribution in [2.75, 3.05) is 0 Å². The van der Waals surface area contributed by atoms with Crippen molar-refractivity contribution in [1.82, 2.24) is 0 Å². The molecule has 0 atom stereocenters. The van der Waals surface area contributed by atoms with Crippen LogP contribution >= 0.6 is 0 Å². The molecule has 0 unspecified atom stereocenters. The molecule has 1 aromatic carbocycles. The summed E-state index contributed by atoms with van der Waals surface area (Å²) in [6.07, 6.45) is -1.32. The number of allylic oxidation sites excluding steroid dienone is 2. The molecule has 0 fully saturated rings. The Morgan fingerprint density at radius 1 is 1.13 bits per heavy atom. The number of benzene rings is 1. The number of ether oxygens (including phenoxy) is 1. The topological polar surface area (TPSA) is 9.23 Å². The standard InChI is InChI=1S/C11H8F3O/c12-11(13,14)15-10-6-5-8-3-1-2-4-9(8)7-10/h1-4,6-7H,5H2. The first kappa shape index (κ1) is 10.1. The fourth-order valence-electron chi connectivity index (χ4n) is 1.49. The molecule has 1 radical (unpaired) electrons. The highest BCUT2D eigenvalue weighted by Crippen LogP contribution is 2.28. The first-order valence-electron chi connectivity index (χ1n) is 4.43. The van der Waals surface area contributed by atoms with Crippen molar-refractivity contribution in [2.24, 2.45) is 0 Å². The van der Waals surface area contributed by atoms with Gasteiger partial charge in [0.15, 0.2) is 0 Å². The molecule has 0 saturated heterocycles. The molecule has 0 N–H and O–H groups in total. The van der Waals surface area contributed by atoms with Gasteiger partial charge in [0.2, 0.25) is 0 Å². The second-order valence-electron chi connectivity index (χ2n) is 3.20. The molecule has 1 nitrogen and oxygen atoms in total. The minimum absolute atomic E-state index is 0.138. The normalized spacial score (nSPS) is 15.5. The van der Waals surface area contributed by atoms with Gasteiger partial charge in [-0.15, -0.1) is 13.2 Å². The first-order chi connectivity index (χ1) is 7.04. The van der Waals surface area contributed by atoms with Gasteiger partial charge >= 0.3 is 6.36 Å². The maximum Gasteiger partial charge on any atom is 0.572 e. The van der Waals surface area contributed by atoms with Gasteiger partial charge in [0.1, 0.15) is 5.76 Å². The summed E-state index contributed by atoms with van der Waals surface area (Å²) in [4.78, 5) is 0. The van der Waals surface area contributed by atoms with Crippen molar-refractivity contribution in [1.29, 1.82) is 0 Å². The van der Waals surface area contributed by atoms with Crippen molar-refractivity contribution in [3.05, 3.63) is 53.6 Å². The molecule has 79 valence electrons. The summed E-state index contributed by atoms with van der Waals surface area (Å²) in [5.74, 6) is -0.138. The average molecular weight is 213 g/mol. The Kier molecular flexibility index (Phi) is 2.42. The minimum atomic E-state index is -4.62. The van der Waals surface area contributed by atoms with Gasteiger partial charge in [-0.25, -0.2) is 0 Å². The molecule has 2 rings (SSSR count). The maximum atomic E-state index is 11.9. The molecule has 0 heterocycles. The second kappa shape index (κ2) is 3.61. The molecule has 0 aliphatic heterocycles. The van der Waals surface area contributed by atoms with Gasteiger partial charge < -0.3 is 4.74 Å². The zero-order chi connectivity index (χ0) is 10.9. The number of hydrogen-bond acceptors (Lipinski definition) is 1. The maximum absolute atomic E-state index is 11.9. The summed E-state index contributed by atoms with van der Waals surface area (Å²) in [6, 6.07) is 7.29. The highest BCUT2D eigenvalue weighted by Gasteiger charge is 2.32. The van der Waals surface area contributed by atoms with Crippen molar-refractivity contribution < 1.29 is 17.9 Å². The minimum Gasteiger partial charge on any atom is -0.410 e. The van der Waals surface area contributed by atoms with E-state index in [1.165, 1.54) is 12.5 Å². The Labute approximate surface area is 85.2 Å². The van der Waals surface area contributed by atoms with Crippen LogP contribution in [0.2, 0.25) is 0 Å². The van der Waals surface area contributed by atoms with Crippen LogP contribution in [0.1, 0.15) is 11.1 Å². The lowest BCUT2D eigenvalue weighted by atomic mass is 9.96. The summed E-state index contributed by atoms with van der Waals surface area (Å²) >= 11 is 0. The average Bonchev–Trinajstić information content (AvgIpc) is 2.15. The molecular formula is C11H8F3O. The Morgan fingerprint density at radius 3 is 2.60 bits per heavy atom. The quantitative estimate of drug-likeness (QED) is 0.696. The van der Waals surface area contributed by atoms with E-state index < -0.39 is 6.36 Å². The SMILES string of the molecule is FC(F)(F)OC1=CCc2ccccc2[CH]1. The predicted octanol–water partition coefficient (Wildman–Crippen LogP) is 3.22. The van der Waals surface area contributed by atoms with Gasteiger partial charge in [-0.1, -0.05) is 24.3 Å². The summed E-state index contributed by atoms with van der Waals surface area (Å²) in [5, 5.41) is 0. The molecule has 1 aromatic rings. The van der Waals surface area contributed by atoms with Crippen molar-refractivity contribution in [3.8, 4) is 0 Å². The van der Waals surface area contributed by atoms with Gasteiger partial charge in [0.25, 0.3) is 0 Å². The molecular weight excluding hydrogens is 205 g/mol. The number of hydrogen-bond donors (Lipinski definition) is 0. The molecule has 0 saturated carbocycles. The third-order valence-electron chi connectivity index (χ3n) is 2.11. The Hall–Kier alpha value is -1.45. The molecule has 0 aromatic heterocycles. The lowest BCUT2D eigenvalue weighted by molar-refractivity contribution is -0.304. The highest BCUT2D eigenvalue weighted by atomic mass is 19.4. The van der Waals surface area contributed by atoms with Crippen LogP contribution < -0.4 is 0 Å². The summed E-state index contributed by atoms with van der Waals surface area (Å²) < 4.78 is 39.6. The fourth-order valence-corrected chi connectivity index (χ4v) is 1.49. The van der Waals surface area contributed by atoms with Crippen LogP contribution in [0.4, 0.5) is 13.2 Å². The Morgan fingerprint density at radius 2 is 1.87 bits per heavy atom. The van der Waals surface area contributed by atoms with Gasteiger partial charge in [-0.2, -0.15) is 0 Å². The van der Waals surface area contributed by atoms with E-state index in [0.29, 0.717) is 6.42 Å². The van der Waals surface area contributed by atoms with Gasteiger partial charge in [0.05, 0.1) is 6.42 Å². The van der Waals surface area contributed by atoms with E-state index in [-0.39, 0.29) is 5.76 Å². The molecule has 1 aliphatic carbocycles. The van der Waals surface area contributed by atoms with E-state index >= 15 is 0 Å². The van der Waals surface area contributed by atoms with Crippen LogP contribution in [0, 0.1) is 6.42 Å². The zero-order valence-corrected chi connectivity index (χ0v) is 7.71. The third kappa shape index (κ3) is 2.52. The Balaban J connectivity index is 2.13. The lowest BCUT2D eigenvalue weighted by Crippen LogP contribution is -2.15. The van der Waals surface area contributed by atoms with E-state index in [4.69, 9.17) is 0 Å².